The minimum absolute atomic E-state index is 0.0668. The van der Waals surface area contributed by atoms with Crippen LogP contribution in [-0.4, -0.2) is 0 Å². The molecule has 6 aromatic rings. The van der Waals surface area contributed by atoms with E-state index in [-0.39, 0.29) is 16.7 Å². The fraction of sp³-hybridized carbons (Fsp3) is 0.184. The van der Waals surface area contributed by atoms with Gasteiger partial charge in [0, 0.05) is 5.92 Å². The molecule has 0 saturated carbocycles. The second-order valence-electron chi connectivity index (χ2n) is 15.8. The lowest BCUT2D eigenvalue weighted by atomic mass is 9.72. The van der Waals surface area contributed by atoms with Crippen molar-refractivity contribution in [1.82, 2.24) is 0 Å². The monoisotopic (exact) mass is 632 g/mol. The molecule has 6 aromatic carbocycles. The van der Waals surface area contributed by atoms with Gasteiger partial charge in [-0.1, -0.05) is 175 Å². The molecule has 1 atom stereocenters. The Balaban J connectivity index is 1.59. The summed E-state index contributed by atoms with van der Waals surface area (Å²) in [7, 11) is 0. The Morgan fingerprint density at radius 3 is 1.71 bits per heavy atom. The highest BCUT2D eigenvalue weighted by Gasteiger charge is 2.36. The summed E-state index contributed by atoms with van der Waals surface area (Å²) in [6.07, 6.45) is 4.95. The summed E-state index contributed by atoms with van der Waals surface area (Å²) >= 11 is 0. The van der Waals surface area contributed by atoms with Crippen LogP contribution in [0, 0.1) is 0 Å². The Hall–Kier alpha value is -5.20. The fourth-order valence-electron chi connectivity index (χ4n) is 8.15. The zero-order valence-electron chi connectivity index (χ0n) is 29.5. The van der Waals surface area contributed by atoms with Gasteiger partial charge in [0.1, 0.15) is 0 Å². The van der Waals surface area contributed by atoms with E-state index in [4.69, 9.17) is 0 Å². The molecule has 0 N–H and O–H groups in total. The topological polar surface area (TPSA) is 0 Å². The van der Waals surface area contributed by atoms with Gasteiger partial charge in [-0.15, -0.1) is 0 Å². The zero-order chi connectivity index (χ0) is 33.9. The lowest BCUT2D eigenvalue weighted by Crippen LogP contribution is -2.34. The van der Waals surface area contributed by atoms with Gasteiger partial charge >= 0.3 is 0 Å². The maximum Gasteiger partial charge on any atom is 0.0361 e. The maximum atomic E-state index is 2.53. The molecule has 49 heavy (non-hydrogen) atoms. The van der Waals surface area contributed by atoms with Crippen LogP contribution in [0.2, 0.25) is 0 Å². The highest BCUT2D eigenvalue weighted by Crippen LogP contribution is 2.48. The second kappa shape index (κ2) is 11.7. The van der Waals surface area contributed by atoms with Crippen LogP contribution in [0.15, 0.2) is 140 Å². The van der Waals surface area contributed by atoms with E-state index in [2.05, 4.69) is 193 Å². The third-order valence-corrected chi connectivity index (χ3v) is 10.4. The van der Waals surface area contributed by atoms with Crippen LogP contribution in [0.5, 0.6) is 0 Å². The summed E-state index contributed by atoms with van der Waals surface area (Å²) < 4.78 is 0. The second-order valence-corrected chi connectivity index (χ2v) is 15.8. The van der Waals surface area contributed by atoms with E-state index in [1.807, 2.05) is 0 Å². The SMILES string of the molecule is CC(C)(C)c1ccc2c(c1)C=c1c-2cc(=C(c2ccccc2)c2ccccc2)c(C(C)(C)C)c1C1C(c2ccccc2)=Cc2ccccc21. The molecule has 0 amide bonds. The highest BCUT2D eigenvalue weighted by molar-refractivity contribution is 5.96. The molecule has 0 bridgehead atoms. The number of fused-ring (bicyclic) bond motifs is 4. The third kappa shape index (κ3) is 5.41. The Labute approximate surface area is 291 Å². The van der Waals surface area contributed by atoms with Crippen LogP contribution in [-0.2, 0) is 10.8 Å². The molecule has 8 rings (SSSR count). The van der Waals surface area contributed by atoms with Crippen LogP contribution in [0.1, 0.15) is 97.5 Å². The van der Waals surface area contributed by atoms with Gasteiger partial charge in [0.15, 0.2) is 0 Å². The zero-order valence-corrected chi connectivity index (χ0v) is 29.5. The van der Waals surface area contributed by atoms with Gasteiger partial charge in [0.25, 0.3) is 0 Å². The van der Waals surface area contributed by atoms with E-state index in [0.29, 0.717) is 0 Å². The number of hydrogen-bond acceptors (Lipinski definition) is 0. The van der Waals surface area contributed by atoms with E-state index in [9.17, 15) is 0 Å². The first-order valence-corrected chi connectivity index (χ1v) is 17.6. The molecule has 0 nitrogen and oxygen atoms in total. The molecular weight excluding hydrogens is 589 g/mol. The first-order valence-electron chi connectivity index (χ1n) is 17.6. The van der Waals surface area contributed by atoms with Gasteiger partial charge in [0.2, 0.25) is 0 Å². The third-order valence-electron chi connectivity index (χ3n) is 10.4. The fourth-order valence-corrected chi connectivity index (χ4v) is 8.15. The Bertz CT molecular complexity index is 2320. The minimum Gasteiger partial charge on any atom is -0.0622 e. The van der Waals surface area contributed by atoms with Gasteiger partial charge in [0.05, 0.1) is 0 Å². The summed E-state index contributed by atoms with van der Waals surface area (Å²) in [5, 5.41) is 2.68. The normalized spacial score (nSPS) is 14.8. The number of hydrogen-bond donors (Lipinski definition) is 0. The Morgan fingerprint density at radius 1 is 0.510 bits per heavy atom. The van der Waals surface area contributed by atoms with Crippen molar-refractivity contribution in [2.75, 3.05) is 0 Å². The first kappa shape index (κ1) is 31.1. The van der Waals surface area contributed by atoms with Crippen LogP contribution in [0.3, 0.4) is 0 Å². The largest absolute Gasteiger partial charge is 0.0622 e. The molecule has 0 spiro atoms. The summed E-state index contributed by atoms with van der Waals surface area (Å²) in [4.78, 5) is 0. The predicted molar refractivity (Wildman–Crippen MR) is 209 cm³/mol. The van der Waals surface area contributed by atoms with Crippen LogP contribution >= 0.6 is 0 Å². The molecule has 0 heterocycles. The predicted octanol–water partition coefficient (Wildman–Crippen LogP) is 11.0. The summed E-state index contributed by atoms with van der Waals surface area (Å²) in [6.45, 7) is 14.1. The van der Waals surface area contributed by atoms with E-state index >= 15 is 0 Å². The maximum absolute atomic E-state index is 2.53. The van der Waals surface area contributed by atoms with Crippen molar-refractivity contribution >= 4 is 23.3 Å². The molecule has 240 valence electrons. The molecule has 1 unspecified atom stereocenters. The van der Waals surface area contributed by atoms with E-state index in [1.165, 1.54) is 82.8 Å². The van der Waals surface area contributed by atoms with Crippen molar-refractivity contribution in [2.24, 2.45) is 0 Å². The lowest BCUT2D eigenvalue weighted by molar-refractivity contribution is 0.577. The van der Waals surface area contributed by atoms with E-state index in [1.54, 1.807) is 0 Å². The molecule has 0 aliphatic heterocycles. The quantitative estimate of drug-likeness (QED) is 0.181. The van der Waals surface area contributed by atoms with Gasteiger partial charge in [-0.3, -0.25) is 0 Å². The molecule has 0 radical (unpaired) electrons. The molecule has 2 aliphatic carbocycles. The number of allylic oxidation sites excluding steroid dienone is 1. The van der Waals surface area contributed by atoms with E-state index < -0.39 is 0 Å². The Kier molecular flexibility index (Phi) is 7.45. The lowest BCUT2D eigenvalue weighted by Gasteiger charge is -2.31. The molecule has 0 saturated heterocycles. The summed E-state index contributed by atoms with van der Waals surface area (Å²) in [5.74, 6) is 0.0852. The summed E-state index contributed by atoms with van der Waals surface area (Å²) in [6, 6.07) is 51.8. The van der Waals surface area contributed by atoms with Crippen molar-refractivity contribution in [3.8, 4) is 11.1 Å². The number of rotatable bonds is 4. The molecule has 0 heteroatoms. The number of benzene rings is 6. The Morgan fingerprint density at radius 2 is 1.10 bits per heavy atom. The van der Waals surface area contributed by atoms with Crippen molar-refractivity contribution in [2.45, 2.75) is 58.3 Å². The standard InChI is InChI=1S/C49H44/c1-48(2,3)37-26-27-38-36(28-37)30-42-41(38)31-43(44(33-20-12-8-13-21-33)34-22-14-9-15-23-34)47(49(4,5)6)46(42)45-39-25-17-16-24-35(39)29-40(45)32-18-10-7-11-19-32/h7-31,45H,1-6H3. The van der Waals surface area contributed by atoms with Crippen molar-refractivity contribution in [3.63, 3.8) is 0 Å². The van der Waals surface area contributed by atoms with E-state index in [0.717, 1.165) is 0 Å². The smallest absolute Gasteiger partial charge is 0.0361 e. The van der Waals surface area contributed by atoms with Crippen LogP contribution in [0.25, 0.3) is 34.4 Å². The van der Waals surface area contributed by atoms with Gasteiger partial charge in [-0.05, 0) is 112 Å². The van der Waals surface area contributed by atoms with Crippen LogP contribution < -0.4 is 10.4 Å². The van der Waals surface area contributed by atoms with Crippen LogP contribution in [0.4, 0.5) is 0 Å². The van der Waals surface area contributed by atoms with Crippen molar-refractivity contribution in [3.05, 3.63) is 200 Å². The minimum atomic E-state index is -0.160. The van der Waals surface area contributed by atoms with Gasteiger partial charge in [-0.2, -0.15) is 0 Å². The first-order chi connectivity index (χ1) is 23.6. The molecule has 0 aromatic heterocycles. The molecular formula is C49H44. The van der Waals surface area contributed by atoms with Gasteiger partial charge < -0.3 is 0 Å². The molecule has 0 fully saturated rings. The van der Waals surface area contributed by atoms with Gasteiger partial charge in [-0.25, -0.2) is 0 Å². The average Bonchev–Trinajstić information content (AvgIpc) is 3.67. The van der Waals surface area contributed by atoms with Crippen molar-refractivity contribution in [1.29, 1.82) is 0 Å². The highest BCUT2D eigenvalue weighted by atomic mass is 14.4. The summed E-state index contributed by atoms with van der Waals surface area (Å²) in [5.41, 5.74) is 17.2. The van der Waals surface area contributed by atoms with Crippen molar-refractivity contribution < 1.29 is 0 Å². The average molecular weight is 633 g/mol. The molecule has 2 aliphatic rings.